The molecule has 0 bridgehead atoms. The zero-order valence-corrected chi connectivity index (χ0v) is 12.8. The van der Waals surface area contributed by atoms with E-state index in [2.05, 4.69) is 41.1 Å². The van der Waals surface area contributed by atoms with Crippen molar-refractivity contribution in [2.45, 2.75) is 19.4 Å². The van der Waals surface area contributed by atoms with Crippen LogP contribution in [0.1, 0.15) is 22.7 Å². The van der Waals surface area contributed by atoms with E-state index in [0.717, 1.165) is 22.2 Å². The van der Waals surface area contributed by atoms with Gasteiger partial charge in [0.1, 0.15) is 5.75 Å². The molecule has 0 saturated heterocycles. The zero-order valence-electron chi connectivity index (χ0n) is 11.2. The normalized spacial score (nSPS) is 12.2. The van der Waals surface area contributed by atoms with Crippen LogP contribution < -0.4 is 10.5 Å². The fraction of sp³-hybridized carbons (Fsp3) is 0.250. The van der Waals surface area contributed by atoms with Crippen molar-refractivity contribution in [3.8, 4) is 5.75 Å². The van der Waals surface area contributed by atoms with Crippen molar-refractivity contribution in [2.75, 3.05) is 7.11 Å². The first kappa shape index (κ1) is 14.1. The first-order valence-corrected chi connectivity index (χ1v) is 7.04. The zero-order chi connectivity index (χ0) is 13.8. The molecule has 2 rings (SSSR count). The standard InChI is InChI=1S/C16H18BrNO/c1-11-6-7-16(19-2)14(8-11)15(18)10-12-4-3-5-13(17)9-12/h3-9,15H,10,18H2,1-2H3. The van der Waals surface area contributed by atoms with Crippen molar-refractivity contribution in [3.63, 3.8) is 0 Å². The Bertz CT molecular complexity index is 568. The van der Waals surface area contributed by atoms with Crippen LogP contribution in [-0.4, -0.2) is 7.11 Å². The minimum Gasteiger partial charge on any atom is -0.496 e. The fourth-order valence-corrected chi connectivity index (χ4v) is 2.62. The molecule has 0 aromatic heterocycles. The smallest absolute Gasteiger partial charge is 0.123 e. The molecule has 3 heteroatoms. The van der Waals surface area contributed by atoms with Crippen LogP contribution in [0.4, 0.5) is 0 Å². The molecule has 1 atom stereocenters. The quantitative estimate of drug-likeness (QED) is 0.924. The predicted octanol–water partition coefficient (Wildman–Crippen LogP) is 4.01. The molecule has 0 radical (unpaired) electrons. The van der Waals surface area contributed by atoms with Crippen LogP contribution >= 0.6 is 15.9 Å². The van der Waals surface area contributed by atoms with E-state index in [1.165, 1.54) is 11.1 Å². The molecule has 1 unspecified atom stereocenters. The van der Waals surface area contributed by atoms with Crippen molar-refractivity contribution in [1.82, 2.24) is 0 Å². The van der Waals surface area contributed by atoms with E-state index < -0.39 is 0 Å². The molecule has 0 amide bonds. The van der Waals surface area contributed by atoms with Gasteiger partial charge in [0, 0.05) is 16.1 Å². The molecule has 0 spiro atoms. The molecular weight excluding hydrogens is 302 g/mol. The molecule has 0 heterocycles. The summed E-state index contributed by atoms with van der Waals surface area (Å²) in [6.45, 7) is 2.06. The molecule has 2 N–H and O–H groups in total. The molecular formula is C16H18BrNO. The molecule has 0 aliphatic rings. The number of rotatable bonds is 4. The summed E-state index contributed by atoms with van der Waals surface area (Å²) in [5.74, 6) is 0.855. The molecule has 0 aliphatic heterocycles. The Morgan fingerprint density at radius 2 is 2.00 bits per heavy atom. The SMILES string of the molecule is COc1ccc(C)cc1C(N)Cc1cccc(Br)c1. The van der Waals surface area contributed by atoms with E-state index in [1.54, 1.807) is 7.11 Å². The maximum atomic E-state index is 6.33. The first-order valence-electron chi connectivity index (χ1n) is 6.24. The van der Waals surface area contributed by atoms with E-state index in [9.17, 15) is 0 Å². The molecule has 19 heavy (non-hydrogen) atoms. The lowest BCUT2D eigenvalue weighted by Gasteiger charge is -2.16. The minimum atomic E-state index is -0.0656. The maximum Gasteiger partial charge on any atom is 0.123 e. The van der Waals surface area contributed by atoms with Gasteiger partial charge in [0.25, 0.3) is 0 Å². The molecule has 2 nitrogen and oxygen atoms in total. The van der Waals surface area contributed by atoms with E-state index in [1.807, 2.05) is 24.3 Å². The van der Waals surface area contributed by atoms with Gasteiger partial charge in [0.05, 0.1) is 7.11 Å². The summed E-state index contributed by atoms with van der Waals surface area (Å²) < 4.78 is 6.47. The largest absolute Gasteiger partial charge is 0.496 e. The van der Waals surface area contributed by atoms with Crippen LogP contribution in [-0.2, 0) is 6.42 Å². The number of aryl methyl sites for hydroxylation is 1. The lowest BCUT2D eigenvalue weighted by atomic mass is 9.97. The Labute approximate surface area is 122 Å². The van der Waals surface area contributed by atoms with Crippen LogP contribution in [0.15, 0.2) is 46.9 Å². The maximum absolute atomic E-state index is 6.33. The van der Waals surface area contributed by atoms with Crippen molar-refractivity contribution in [1.29, 1.82) is 0 Å². The van der Waals surface area contributed by atoms with Crippen molar-refractivity contribution >= 4 is 15.9 Å². The Morgan fingerprint density at radius 3 is 2.68 bits per heavy atom. The van der Waals surface area contributed by atoms with Gasteiger partial charge in [-0.1, -0.05) is 45.8 Å². The van der Waals surface area contributed by atoms with Gasteiger partial charge in [0.2, 0.25) is 0 Å². The van der Waals surface area contributed by atoms with Gasteiger partial charge >= 0.3 is 0 Å². The van der Waals surface area contributed by atoms with Gasteiger partial charge in [-0.3, -0.25) is 0 Å². The van der Waals surface area contributed by atoms with Gasteiger partial charge in [0.15, 0.2) is 0 Å². The molecule has 0 aliphatic carbocycles. The molecule has 0 fully saturated rings. The summed E-state index contributed by atoms with van der Waals surface area (Å²) in [6.07, 6.45) is 0.791. The van der Waals surface area contributed by atoms with Gasteiger partial charge in [-0.25, -0.2) is 0 Å². The Kier molecular flexibility index (Phi) is 4.61. The molecule has 2 aromatic carbocycles. The third-order valence-corrected chi connectivity index (χ3v) is 3.62. The van der Waals surface area contributed by atoms with Gasteiger partial charge in [-0.05, 0) is 37.1 Å². The lowest BCUT2D eigenvalue weighted by Crippen LogP contribution is -2.14. The van der Waals surface area contributed by atoms with E-state index in [-0.39, 0.29) is 6.04 Å². The molecule has 100 valence electrons. The van der Waals surface area contributed by atoms with Crippen LogP contribution in [0.2, 0.25) is 0 Å². The monoisotopic (exact) mass is 319 g/mol. The van der Waals surface area contributed by atoms with E-state index in [0.29, 0.717) is 0 Å². The second-order valence-electron chi connectivity index (χ2n) is 4.69. The van der Waals surface area contributed by atoms with Gasteiger partial charge < -0.3 is 10.5 Å². The Balaban J connectivity index is 2.24. The van der Waals surface area contributed by atoms with E-state index in [4.69, 9.17) is 10.5 Å². The minimum absolute atomic E-state index is 0.0656. The second-order valence-corrected chi connectivity index (χ2v) is 5.60. The summed E-state index contributed by atoms with van der Waals surface area (Å²) >= 11 is 3.48. The number of hydrogen-bond donors (Lipinski definition) is 1. The van der Waals surface area contributed by atoms with Crippen molar-refractivity contribution in [3.05, 3.63) is 63.6 Å². The third kappa shape index (κ3) is 3.58. The number of halogens is 1. The average Bonchev–Trinajstić information content (AvgIpc) is 2.38. The Hall–Kier alpha value is -1.32. The summed E-state index contributed by atoms with van der Waals surface area (Å²) in [5.41, 5.74) is 9.79. The average molecular weight is 320 g/mol. The highest BCUT2D eigenvalue weighted by Crippen LogP contribution is 2.27. The van der Waals surface area contributed by atoms with Crippen LogP contribution in [0, 0.1) is 6.92 Å². The third-order valence-electron chi connectivity index (χ3n) is 3.13. The summed E-state index contributed by atoms with van der Waals surface area (Å²) in [4.78, 5) is 0. The lowest BCUT2D eigenvalue weighted by molar-refractivity contribution is 0.405. The topological polar surface area (TPSA) is 35.2 Å². The highest BCUT2D eigenvalue weighted by molar-refractivity contribution is 9.10. The first-order chi connectivity index (χ1) is 9.10. The number of nitrogens with two attached hydrogens (primary N) is 1. The second kappa shape index (κ2) is 6.22. The molecule has 2 aromatic rings. The summed E-state index contributed by atoms with van der Waals surface area (Å²) in [5, 5.41) is 0. The van der Waals surface area contributed by atoms with Crippen LogP contribution in [0.25, 0.3) is 0 Å². The number of hydrogen-bond acceptors (Lipinski definition) is 2. The highest BCUT2D eigenvalue weighted by Gasteiger charge is 2.13. The summed E-state index contributed by atoms with van der Waals surface area (Å²) in [7, 11) is 1.68. The number of benzene rings is 2. The predicted molar refractivity (Wildman–Crippen MR) is 82.5 cm³/mol. The van der Waals surface area contributed by atoms with Crippen molar-refractivity contribution in [2.24, 2.45) is 5.73 Å². The number of ether oxygens (including phenoxy) is 1. The van der Waals surface area contributed by atoms with Crippen LogP contribution in [0.3, 0.4) is 0 Å². The van der Waals surface area contributed by atoms with Gasteiger partial charge in [-0.2, -0.15) is 0 Å². The van der Waals surface area contributed by atoms with Gasteiger partial charge in [-0.15, -0.1) is 0 Å². The Morgan fingerprint density at radius 1 is 1.21 bits per heavy atom. The van der Waals surface area contributed by atoms with Crippen molar-refractivity contribution < 1.29 is 4.74 Å². The number of methoxy groups -OCH3 is 1. The van der Waals surface area contributed by atoms with Crippen LogP contribution in [0.5, 0.6) is 5.75 Å². The summed E-state index contributed by atoms with van der Waals surface area (Å²) in [6, 6.07) is 14.3. The van der Waals surface area contributed by atoms with E-state index >= 15 is 0 Å². The molecule has 0 saturated carbocycles. The highest BCUT2D eigenvalue weighted by atomic mass is 79.9. The fourth-order valence-electron chi connectivity index (χ4n) is 2.17.